The van der Waals surface area contributed by atoms with Crippen molar-refractivity contribution in [1.29, 1.82) is 0 Å². The summed E-state index contributed by atoms with van der Waals surface area (Å²) in [5, 5.41) is 6.84. The highest BCUT2D eigenvalue weighted by molar-refractivity contribution is 7.15. The molecule has 21 heavy (non-hydrogen) atoms. The maximum absolute atomic E-state index is 12.1. The summed E-state index contributed by atoms with van der Waals surface area (Å²) >= 11 is 1.55. The minimum atomic E-state index is 0.0349. The van der Waals surface area contributed by atoms with Gasteiger partial charge in [-0.2, -0.15) is 0 Å². The molecule has 0 bridgehead atoms. The molecule has 2 heterocycles. The summed E-state index contributed by atoms with van der Waals surface area (Å²) in [6.45, 7) is 3.86. The number of carbonyl (C=O) groups excluding carboxylic acids is 1. The number of carbonyl (C=O) groups is 1. The lowest BCUT2D eigenvalue weighted by Gasteiger charge is -2.31. The standard InChI is InChI=1S/C16H19N3OS/c1-11(13-8-17-9-13)15(20)19-16-18-10-14(21-16)7-12-5-3-2-4-6-12/h2-6,10-11,13,17H,7-9H2,1H3,(H,18,19,20). The van der Waals surface area contributed by atoms with Gasteiger partial charge in [-0.05, 0) is 24.6 Å². The van der Waals surface area contributed by atoms with Crippen LogP contribution in [-0.2, 0) is 11.2 Å². The van der Waals surface area contributed by atoms with E-state index in [4.69, 9.17) is 0 Å². The molecular formula is C16H19N3OS. The number of nitrogens with one attached hydrogen (secondary N) is 2. The van der Waals surface area contributed by atoms with Crippen LogP contribution in [0, 0.1) is 11.8 Å². The van der Waals surface area contributed by atoms with Gasteiger partial charge in [0.1, 0.15) is 0 Å². The topological polar surface area (TPSA) is 54.0 Å². The number of hydrogen-bond acceptors (Lipinski definition) is 4. The van der Waals surface area contributed by atoms with E-state index in [1.54, 1.807) is 11.3 Å². The molecule has 1 fully saturated rings. The van der Waals surface area contributed by atoms with E-state index in [1.807, 2.05) is 31.3 Å². The van der Waals surface area contributed by atoms with Crippen molar-refractivity contribution < 1.29 is 4.79 Å². The zero-order chi connectivity index (χ0) is 14.7. The molecule has 0 radical (unpaired) electrons. The molecule has 0 spiro atoms. The number of rotatable bonds is 5. The molecule has 1 unspecified atom stereocenters. The highest BCUT2D eigenvalue weighted by Crippen LogP contribution is 2.23. The summed E-state index contributed by atoms with van der Waals surface area (Å²) < 4.78 is 0. The van der Waals surface area contributed by atoms with Gasteiger partial charge in [0.15, 0.2) is 5.13 Å². The third-order valence-electron chi connectivity index (χ3n) is 3.94. The lowest BCUT2D eigenvalue weighted by molar-refractivity contribution is -0.121. The number of benzene rings is 1. The summed E-state index contributed by atoms with van der Waals surface area (Å²) in [6, 6.07) is 10.3. The third-order valence-corrected chi connectivity index (χ3v) is 4.85. The summed E-state index contributed by atoms with van der Waals surface area (Å²) in [6.07, 6.45) is 2.71. The van der Waals surface area contributed by atoms with Crippen molar-refractivity contribution in [3.8, 4) is 0 Å². The van der Waals surface area contributed by atoms with E-state index in [1.165, 1.54) is 5.56 Å². The molecule has 2 N–H and O–H groups in total. The van der Waals surface area contributed by atoms with E-state index < -0.39 is 0 Å². The predicted octanol–water partition coefficient (Wildman–Crippen LogP) is 2.53. The number of nitrogens with zero attached hydrogens (tertiary/aromatic N) is 1. The molecule has 1 atom stereocenters. The van der Waals surface area contributed by atoms with Crippen LogP contribution in [0.25, 0.3) is 0 Å². The first-order valence-corrected chi connectivity index (χ1v) is 8.04. The van der Waals surface area contributed by atoms with Crippen LogP contribution in [0.15, 0.2) is 36.5 Å². The molecule has 110 valence electrons. The molecule has 1 aliphatic heterocycles. The fraction of sp³-hybridized carbons (Fsp3) is 0.375. The van der Waals surface area contributed by atoms with E-state index >= 15 is 0 Å². The Hall–Kier alpha value is -1.72. The van der Waals surface area contributed by atoms with Crippen LogP contribution >= 0.6 is 11.3 Å². The molecule has 4 nitrogen and oxygen atoms in total. The van der Waals surface area contributed by atoms with Gasteiger partial charge in [-0.3, -0.25) is 4.79 Å². The van der Waals surface area contributed by atoms with Crippen molar-refractivity contribution in [1.82, 2.24) is 10.3 Å². The van der Waals surface area contributed by atoms with Crippen molar-refractivity contribution in [3.63, 3.8) is 0 Å². The first-order chi connectivity index (χ1) is 10.2. The Bertz CT molecular complexity index is 607. The molecular weight excluding hydrogens is 282 g/mol. The van der Waals surface area contributed by atoms with E-state index in [9.17, 15) is 4.79 Å². The van der Waals surface area contributed by atoms with Gasteiger partial charge < -0.3 is 10.6 Å². The fourth-order valence-corrected chi connectivity index (χ4v) is 3.19. The normalized spacial score (nSPS) is 16.2. The Morgan fingerprint density at radius 3 is 2.86 bits per heavy atom. The SMILES string of the molecule is CC(C(=O)Nc1ncc(Cc2ccccc2)s1)C1CNC1. The highest BCUT2D eigenvalue weighted by Gasteiger charge is 2.29. The Morgan fingerprint density at radius 1 is 1.43 bits per heavy atom. The Morgan fingerprint density at radius 2 is 2.19 bits per heavy atom. The summed E-state index contributed by atoms with van der Waals surface area (Å²) in [5.41, 5.74) is 1.26. The van der Waals surface area contributed by atoms with Crippen LogP contribution < -0.4 is 10.6 Å². The van der Waals surface area contributed by atoms with Gasteiger partial charge >= 0.3 is 0 Å². The first kappa shape index (κ1) is 14.2. The van der Waals surface area contributed by atoms with Gasteiger partial charge in [0, 0.05) is 23.4 Å². The zero-order valence-electron chi connectivity index (χ0n) is 12.0. The molecule has 0 aliphatic carbocycles. The Kier molecular flexibility index (Phi) is 4.31. The van der Waals surface area contributed by atoms with Crippen LogP contribution in [0.2, 0.25) is 0 Å². The molecule has 0 saturated carbocycles. The second-order valence-electron chi connectivity index (χ2n) is 5.49. The van der Waals surface area contributed by atoms with Gasteiger partial charge in [0.25, 0.3) is 0 Å². The molecule has 1 amide bonds. The predicted molar refractivity (Wildman–Crippen MR) is 85.5 cm³/mol. The second kappa shape index (κ2) is 6.37. The molecule has 1 aliphatic rings. The van der Waals surface area contributed by atoms with Gasteiger partial charge in [0.2, 0.25) is 5.91 Å². The van der Waals surface area contributed by atoms with E-state index in [2.05, 4.69) is 27.8 Å². The molecule has 1 saturated heterocycles. The summed E-state index contributed by atoms with van der Waals surface area (Å²) in [7, 11) is 0. The van der Waals surface area contributed by atoms with E-state index in [0.29, 0.717) is 11.0 Å². The second-order valence-corrected chi connectivity index (χ2v) is 6.61. The maximum Gasteiger partial charge on any atom is 0.229 e. The third kappa shape index (κ3) is 3.49. The van der Waals surface area contributed by atoms with Crippen LogP contribution in [0.1, 0.15) is 17.4 Å². The van der Waals surface area contributed by atoms with Gasteiger partial charge in [-0.15, -0.1) is 11.3 Å². The highest BCUT2D eigenvalue weighted by atomic mass is 32.1. The fourth-order valence-electron chi connectivity index (χ4n) is 2.34. The van der Waals surface area contributed by atoms with Gasteiger partial charge in [0.05, 0.1) is 0 Å². The number of aromatic nitrogens is 1. The van der Waals surface area contributed by atoms with Gasteiger partial charge in [-0.1, -0.05) is 37.3 Å². The van der Waals surface area contributed by atoms with Gasteiger partial charge in [-0.25, -0.2) is 4.98 Å². The molecule has 5 heteroatoms. The lowest BCUT2D eigenvalue weighted by atomic mass is 9.88. The van der Waals surface area contributed by atoms with Crippen molar-refractivity contribution in [2.45, 2.75) is 13.3 Å². The molecule has 3 rings (SSSR count). The van der Waals surface area contributed by atoms with Crippen molar-refractivity contribution in [2.24, 2.45) is 11.8 Å². The smallest absolute Gasteiger partial charge is 0.229 e. The Labute approximate surface area is 128 Å². The van der Waals surface area contributed by atoms with Crippen LogP contribution in [0.5, 0.6) is 0 Å². The monoisotopic (exact) mass is 301 g/mol. The summed E-state index contributed by atoms with van der Waals surface area (Å²) in [4.78, 5) is 17.6. The van der Waals surface area contributed by atoms with Crippen molar-refractivity contribution in [2.75, 3.05) is 18.4 Å². The van der Waals surface area contributed by atoms with Crippen molar-refractivity contribution in [3.05, 3.63) is 47.0 Å². The Balaban J connectivity index is 1.58. The minimum Gasteiger partial charge on any atom is -0.316 e. The quantitative estimate of drug-likeness (QED) is 0.892. The average Bonchev–Trinajstić information content (AvgIpc) is 2.85. The number of hydrogen-bond donors (Lipinski definition) is 2. The number of amides is 1. The average molecular weight is 301 g/mol. The zero-order valence-corrected chi connectivity index (χ0v) is 12.8. The molecule has 1 aromatic carbocycles. The van der Waals surface area contributed by atoms with Crippen LogP contribution in [0.4, 0.5) is 5.13 Å². The van der Waals surface area contributed by atoms with E-state index in [0.717, 1.165) is 24.4 Å². The summed E-state index contributed by atoms with van der Waals surface area (Å²) in [5.74, 6) is 0.559. The van der Waals surface area contributed by atoms with Crippen LogP contribution in [0.3, 0.4) is 0 Å². The number of thiazole rings is 1. The largest absolute Gasteiger partial charge is 0.316 e. The minimum absolute atomic E-state index is 0.0349. The molecule has 2 aromatic rings. The number of anilines is 1. The van der Waals surface area contributed by atoms with Crippen molar-refractivity contribution >= 4 is 22.4 Å². The lowest BCUT2D eigenvalue weighted by Crippen LogP contribution is -2.48. The van der Waals surface area contributed by atoms with E-state index in [-0.39, 0.29) is 11.8 Å². The molecule has 1 aromatic heterocycles. The maximum atomic E-state index is 12.1. The first-order valence-electron chi connectivity index (χ1n) is 7.22. The van der Waals surface area contributed by atoms with Crippen LogP contribution in [-0.4, -0.2) is 24.0 Å².